The lowest BCUT2D eigenvalue weighted by Gasteiger charge is -2.33. The minimum atomic E-state index is -0.0756. The van der Waals surface area contributed by atoms with Crippen LogP contribution in [0.25, 0.3) is 22.3 Å². The summed E-state index contributed by atoms with van der Waals surface area (Å²) in [4.78, 5) is 25.1. The van der Waals surface area contributed by atoms with E-state index in [-0.39, 0.29) is 5.91 Å². The van der Waals surface area contributed by atoms with Crippen molar-refractivity contribution in [1.29, 1.82) is 0 Å². The highest BCUT2D eigenvalue weighted by Gasteiger charge is 2.26. The number of carbonyl (C=O) groups is 1. The van der Waals surface area contributed by atoms with Gasteiger partial charge in [-0.3, -0.25) is 9.69 Å². The van der Waals surface area contributed by atoms with Crippen LogP contribution in [0.3, 0.4) is 0 Å². The van der Waals surface area contributed by atoms with Crippen LogP contribution in [0.1, 0.15) is 21.9 Å². The molecular formula is C26H29N5O5. The van der Waals surface area contributed by atoms with Gasteiger partial charge in [-0.15, -0.1) is 0 Å². The quantitative estimate of drug-likeness (QED) is 0.419. The predicted octanol–water partition coefficient (Wildman–Crippen LogP) is 3.51. The number of piperazine rings is 1. The van der Waals surface area contributed by atoms with Crippen molar-refractivity contribution in [3.63, 3.8) is 0 Å². The maximum absolute atomic E-state index is 13.3. The fourth-order valence-electron chi connectivity index (χ4n) is 4.46. The van der Waals surface area contributed by atoms with E-state index >= 15 is 0 Å². The molecule has 1 aliphatic rings. The number of rotatable bonds is 7. The lowest BCUT2D eigenvalue weighted by molar-refractivity contribution is 0.0610. The Labute approximate surface area is 208 Å². The van der Waals surface area contributed by atoms with E-state index in [1.165, 1.54) is 5.56 Å². The lowest BCUT2D eigenvalue weighted by atomic mass is 10.1. The Balaban J connectivity index is 1.25. The van der Waals surface area contributed by atoms with Gasteiger partial charge in [0.05, 0.1) is 33.4 Å². The zero-order chi connectivity index (χ0) is 25.2. The molecule has 0 bridgehead atoms. The second-order valence-electron chi connectivity index (χ2n) is 8.73. The van der Waals surface area contributed by atoms with Crippen molar-refractivity contribution in [1.82, 2.24) is 24.9 Å². The number of ether oxygens (including phenoxy) is 3. The molecule has 0 radical (unpaired) electrons. The minimum absolute atomic E-state index is 0.0756. The lowest BCUT2D eigenvalue weighted by Crippen LogP contribution is -2.48. The van der Waals surface area contributed by atoms with Crippen molar-refractivity contribution >= 4 is 16.8 Å². The van der Waals surface area contributed by atoms with Crippen LogP contribution in [0.4, 0.5) is 0 Å². The molecule has 10 nitrogen and oxygen atoms in total. The molecule has 0 unspecified atom stereocenters. The molecule has 0 atom stereocenters. The molecule has 1 saturated heterocycles. The first kappa shape index (κ1) is 23.7. The number of aryl methyl sites for hydroxylation is 1. The molecule has 2 aromatic heterocycles. The number of hydrogen-bond acceptors (Lipinski definition) is 8. The number of nitrogens with one attached hydrogen (secondary N) is 1. The first-order valence-corrected chi connectivity index (χ1v) is 11.7. The fourth-order valence-corrected chi connectivity index (χ4v) is 4.46. The number of carbonyl (C=O) groups excluding carboxylic acids is 1. The van der Waals surface area contributed by atoms with Crippen molar-refractivity contribution in [2.45, 2.75) is 13.5 Å². The van der Waals surface area contributed by atoms with Crippen LogP contribution in [0, 0.1) is 6.92 Å². The van der Waals surface area contributed by atoms with Gasteiger partial charge in [0.2, 0.25) is 11.7 Å². The van der Waals surface area contributed by atoms with E-state index in [0.29, 0.717) is 72.9 Å². The highest BCUT2D eigenvalue weighted by molar-refractivity contribution is 6.02. The summed E-state index contributed by atoms with van der Waals surface area (Å²) in [5.74, 6) is 2.74. The zero-order valence-corrected chi connectivity index (χ0v) is 20.8. The van der Waals surface area contributed by atoms with Crippen LogP contribution in [0.2, 0.25) is 0 Å². The third kappa shape index (κ3) is 4.47. The summed E-state index contributed by atoms with van der Waals surface area (Å²) in [6.07, 6.45) is 0. The topological polar surface area (TPSA) is 106 Å². The van der Waals surface area contributed by atoms with Crippen LogP contribution in [-0.2, 0) is 6.54 Å². The van der Waals surface area contributed by atoms with E-state index in [0.717, 1.165) is 10.9 Å². The Kier molecular flexibility index (Phi) is 6.51. The summed E-state index contributed by atoms with van der Waals surface area (Å²) in [6.45, 7) is 5.17. The molecule has 0 aliphatic carbocycles. The van der Waals surface area contributed by atoms with Gasteiger partial charge in [-0.25, -0.2) is 0 Å². The first-order valence-electron chi connectivity index (χ1n) is 11.7. The minimum Gasteiger partial charge on any atom is -0.496 e. The molecule has 10 heteroatoms. The van der Waals surface area contributed by atoms with Gasteiger partial charge >= 0.3 is 0 Å². The molecule has 1 fully saturated rings. The Morgan fingerprint density at radius 3 is 2.39 bits per heavy atom. The summed E-state index contributed by atoms with van der Waals surface area (Å²) in [6, 6.07) is 11.6. The molecule has 1 aliphatic heterocycles. The van der Waals surface area contributed by atoms with E-state index in [4.69, 9.17) is 18.7 Å². The largest absolute Gasteiger partial charge is 0.496 e. The number of methoxy groups -OCH3 is 3. The fraction of sp³-hybridized carbons (Fsp3) is 0.346. The molecule has 3 heterocycles. The van der Waals surface area contributed by atoms with Gasteiger partial charge in [-0.05, 0) is 13.0 Å². The first-order chi connectivity index (χ1) is 17.5. The van der Waals surface area contributed by atoms with E-state index < -0.39 is 0 Å². The number of aromatic amines is 1. The molecule has 0 saturated carbocycles. The van der Waals surface area contributed by atoms with Crippen LogP contribution in [0.15, 0.2) is 40.9 Å². The number of H-pyrrole nitrogens is 1. The SMILES string of the molecule is COc1cc(OC)c2cc(C(=O)N3CCN(Cc4nc(-c5ccc(C)cc5)no4)CC3)[nH]c2c1OC. The van der Waals surface area contributed by atoms with E-state index in [9.17, 15) is 4.79 Å². The molecule has 1 N–H and O–H groups in total. The number of fused-ring (bicyclic) bond motifs is 1. The Hall–Kier alpha value is -4.05. The maximum Gasteiger partial charge on any atom is 0.270 e. The number of aromatic nitrogens is 3. The average Bonchev–Trinajstić information content (AvgIpc) is 3.56. The maximum atomic E-state index is 13.3. The van der Waals surface area contributed by atoms with Crippen LogP contribution in [-0.4, -0.2) is 78.3 Å². The van der Waals surface area contributed by atoms with Crippen LogP contribution >= 0.6 is 0 Å². The normalized spacial score (nSPS) is 14.3. The zero-order valence-electron chi connectivity index (χ0n) is 20.8. The molecule has 1 amide bonds. The van der Waals surface area contributed by atoms with Gasteiger partial charge in [-0.1, -0.05) is 35.0 Å². The molecule has 188 valence electrons. The molecular weight excluding hydrogens is 462 g/mol. The second-order valence-corrected chi connectivity index (χ2v) is 8.73. The Morgan fingerprint density at radius 1 is 1.00 bits per heavy atom. The van der Waals surface area contributed by atoms with Crippen molar-refractivity contribution in [2.24, 2.45) is 0 Å². The molecule has 2 aromatic carbocycles. The summed E-state index contributed by atoms with van der Waals surface area (Å²) in [5.41, 5.74) is 3.25. The summed E-state index contributed by atoms with van der Waals surface area (Å²) in [5, 5.41) is 4.88. The van der Waals surface area contributed by atoms with Crippen molar-refractivity contribution in [2.75, 3.05) is 47.5 Å². The van der Waals surface area contributed by atoms with Gasteiger partial charge < -0.3 is 28.6 Å². The summed E-state index contributed by atoms with van der Waals surface area (Å²) < 4.78 is 21.9. The van der Waals surface area contributed by atoms with Gasteiger partial charge in [-0.2, -0.15) is 4.98 Å². The van der Waals surface area contributed by atoms with Gasteiger partial charge in [0.25, 0.3) is 5.91 Å². The monoisotopic (exact) mass is 491 g/mol. The van der Waals surface area contributed by atoms with E-state index in [2.05, 4.69) is 20.0 Å². The molecule has 4 aromatic rings. The van der Waals surface area contributed by atoms with Crippen LogP contribution in [0.5, 0.6) is 17.2 Å². The molecule has 5 rings (SSSR count). The molecule has 36 heavy (non-hydrogen) atoms. The van der Waals surface area contributed by atoms with Gasteiger partial charge in [0, 0.05) is 43.2 Å². The van der Waals surface area contributed by atoms with Gasteiger partial charge in [0.1, 0.15) is 11.4 Å². The Bertz CT molecular complexity index is 1370. The van der Waals surface area contributed by atoms with Gasteiger partial charge in [0.15, 0.2) is 11.5 Å². The Morgan fingerprint density at radius 2 is 1.72 bits per heavy atom. The number of hydrogen-bond donors (Lipinski definition) is 1. The van der Waals surface area contributed by atoms with E-state index in [1.54, 1.807) is 33.5 Å². The smallest absolute Gasteiger partial charge is 0.270 e. The van der Waals surface area contributed by atoms with E-state index in [1.807, 2.05) is 36.1 Å². The summed E-state index contributed by atoms with van der Waals surface area (Å²) in [7, 11) is 4.72. The third-order valence-electron chi connectivity index (χ3n) is 6.47. The van der Waals surface area contributed by atoms with Crippen molar-refractivity contribution in [3.05, 3.63) is 53.5 Å². The number of amides is 1. The second kappa shape index (κ2) is 9.90. The predicted molar refractivity (Wildman–Crippen MR) is 134 cm³/mol. The summed E-state index contributed by atoms with van der Waals surface area (Å²) >= 11 is 0. The molecule has 0 spiro atoms. The number of nitrogens with zero attached hydrogens (tertiary/aromatic N) is 4. The highest BCUT2D eigenvalue weighted by Crippen LogP contribution is 2.41. The number of benzene rings is 2. The standard InChI is InChI=1S/C26H29N5O5/c1-16-5-7-17(8-6-16)25-28-22(36-29-25)15-30-9-11-31(12-10-30)26(32)19-13-18-20(33-2)14-21(34-3)24(35-4)23(18)27-19/h5-8,13-14,27H,9-12,15H2,1-4H3. The third-order valence-corrected chi connectivity index (χ3v) is 6.47. The van der Waals surface area contributed by atoms with Crippen molar-refractivity contribution < 1.29 is 23.5 Å². The average molecular weight is 492 g/mol. The highest BCUT2D eigenvalue weighted by atomic mass is 16.5. The van der Waals surface area contributed by atoms with Crippen LogP contribution < -0.4 is 14.2 Å². The van der Waals surface area contributed by atoms with Crippen molar-refractivity contribution in [3.8, 4) is 28.6 Å².